The van der Waals surface area contributed by atoms with Crippen molar-refractivity contribution in [3.05, 3.63) is 12.3 Å². The Morgan fingerprint density at radius 1 is 1.30 bits per heavy atom. The van der Waals surface area contributed by atoms with Gasteiger partial charge >= 0.3 is 17.8 Å². The van der Waals surface area contributed by atoms with Gasteiger partial charge in [-0.05, 0) is 18.8 Å². The Morgan fingerprint density at radius 3 is 2.57 bits per heavy atom. The second-order valence-electron chi connectivity index (χ2n) is 5.66. The molecule has 1 fully saturated rings. The molecule has 1 aromatic rings. The molecule has 1 aliphatic rings. The Morgan fingerprint density at radius 2 is 2.00 bits per heavy atom. The van der Waals surface area contributed by atoms with Crippen molar-refractivity contribution >= 4 is 23.7 Å². The number of piperidine rings is 1. The van der Waals surface area contributed by atoms with E-state index in [9.17, 15) is 14.4 Å². The summed E-state index contributed by atoms with van der Waals surface area (Å²) in [6.07, 6.45) is 2.89. The van der Waals surface area contributed by atoms with Gasteiger partial charge in [0.1, 0.15) is 6.26 Å². The number of carbonyl (C=O) groups is 3. The third-order valence-corrected chi connectivity index (χ3v) is 3.70. The van der Waals surface area contributed by atoms with Gasteiger partial charge in [-0.25, -0.2) is 4.79 Å². The summed E-state index contributed by atoms with van der Waals surface area (Å²) >= 11 is 0. The zero-order valence-electron chi connectivity index (χ0n) is 13.2. The van der Waals surface area contributed by atoms with Crippen molar-refractivity contribution < 1.29 is 18.9 Å². The molecule has 0 radical (unpaired) electrons. The smallest absolute Gasteiger partial charge is 0.319 e. The van der Waals surface area contributed by atoms with Gasteiger partial charge in [0.2, 0.25) is 0 Å². The first kappa shape index (κ1) is 16.8. The summed E-state index contributed by atoms with van der Waals surface area (Å²) in [4.78, 5) is 38.5. The van der Waals surface area contributed by atoms with Gasteiger partial charge in [0.25, 0.3) is 0 Å². The van der Waals surface area contributed by atoms with Crippen LogP contribution in [-0.4, -0.2) is 66.5 Å². The van der Waals surface area contributed by atoms with Crippen LogP contribution < -0.4 is 10.6 Å². The van der Waals surface area contributed by atoms with Crippen LogP contribution in [0.25, 0.3) is 0 Å². The van der Waals surface area contributed by atoms with E-state index < -0.39 is 11.8 Å². The number of hydrogen-bond acceptors (Lipinski definition) is 5. The number of urea groups is 1. The lowest BCUT2D eigenvalue weighted by atomic mass is 9.97. The van der Waals surface area contributed by atoms with Gasteiger partial charge < -0.3 is 19.6 Å². The number of hydrogen-bond donors (Lipinski definition) is 2. The fraction of sp³-hybridized carbons (Fsp3) is 0.571. The van der Waals surface area contributed by atoms with E-state index in [2.05, 4.69) is 20.3 Å². The molecule has 9 heteroatoms. The highest BCUT2D eigenvalue weighted by molar-refractivity contribution is 6.39. The zero-order chi connectivity index (χ0) is 16.8. The summed E-state index contributed by atoms with van der Waals surface area (Å²) in [6.45, 7) is 1.72. The molecule has 4 amide bonds. The highest BCUT2D eigenvalue weighted by Gasteiger charge is 2.24. The average Bonchev–Trinajstić information content (AvgIpc) is 3.05. The van der Waals surface area contributed by atoms with Crippen LogP contribution >= 0.6 is 0 Å². The second kappa shape index (κ2) is 7.61. The molecule has 1 saturated heterocycles. The van der Waals surface area contributed by atoms with E-state index >= 15 is 0 Å². The third-order valence-electron chi connectivity index (χ3n) is 3.70. The molecule has 1 aliphatic heterocycles. The van der Waals surface area contributed by atoms with Crippen molar-refractivity contribution in [1.82, 2.24) is 20.3 Å². The monoisotopic (exact) mass is 323 g/mol. The second-order valence-corrected chi connectivity index (χ2v) is 5.66. The number of nitrogens with one attached hydrogen (secondary N) is 2. The van der Waals surface area contributed by atoms with Crippen molar-refractivity contribution in [2.75, 3.05) is 39.0 Å². The lowest BCUT2D eigenvalue weighted by Gasteiger charge is -2.33. The molecule has 0 aromatic carbocycles. The summed E-state index contributed by atoms with van der Waals surface area (Å²) in [5, 5.41) is 8.44. The number of anilines is 1. The zero-order valence-corrected chi connectivity index (χ0v) is 13.2. The van der Waals surface area contributed by atoms with Gasteiger partial charge in [-0.3, -0.25) is 14.9 Å². The lowest BCUT2D eigenvalue weighted by Crippen LogP contribution is -2.46. The van der Waals surface area contributed by atoms with E-state index in [0.717, 1.165) is 12.8 Å². The Bertz CT molecular complexity index is 550. The van der Waals surface area contributed by atoms with Crippen LogP contribution in [0.2, 0.25) is 0 Å². The first-order valence-electron chi connectivity index (χ1n) is 7.43. The van der Waals surface area contributed by atoms with Crippen LogP contribution in [0.5, 0.6) is 0 Å². The predicted molar refractivity (Wildman–Crippen MR) is 81.5 cm³/mol. The number of likely N-dealkylation sites (tertiary alicyclic amines) is 1. The molecule has 23 heavy (non-hydrogen) atoms. The molecule has 0 unspecified atom stereocenters. The molecule has 1 aromatic heterocycles. The van der Waals surface area contributed by atoms with Crippen molar-refractivity contribution in [3.63, 3.8) is 0 Å². The minimum absolute atomic E-state index is 0.000486. The van der Waals surface area contributed by atoms with E-state index in [1.807, 2.05) is 0 Å². The highest BCUT2D eigenvalue weighted by atomic mass is 16.5. The highest BCUT2D eigenvalue weighted by Crippen LogP contribution is 2.17. The van der Waals surface area contributed by atoms with Crippen LogP contribution in [0.1, 0.15) is 12.8 Å². The largest absolute Gasteiger partial charge is 0.363 e. The normalized spacial score (nSPS) is 15.1. The Labute approximate surface area is 134 Å². The minimum atomic E-state index is -0.779. The Balaban J connectivity index is 1.69. The van der Waals surface area contributed by atoms with Gasteiger partial charge in [0.05, 0.1) is 0 Å². The van der Waals surface area contributed by atoms with Crippen molar-refractivity contribution in [2.24, 2.45) is 5.92 Å². The van der Waals surface area contributed by atoms with Gasteiger partial charge in [-0.2, -0.15) is 0 Å². The molecule has 2 N–H and O–H groups in total. The van der Waals surface area contributed by atoms with Gasteiger partial charge in [0.15, 0.2) is 5.82 Å². The van der Waals surface area contributed by atoms with Gasteiger partial charge in [-0.15, -0.1) is 0 Å². The number of amides is 4. The van der Waals surface area contributed by atoms with E-state index in [1.54, 1.807) is 23.9 Å². The average molecular weight is 323 g/mol. The lowest BCUT2D eigenvalue weighted by molar-refractivity contribution is -0.136. The number of carbonyl (C=O) groups excluding carboxylic acids is 3. The fourth-order valence-corrected chi connectivity index (χ4v) is 2.38. The molecule has 0 bridgehead atoms. The van der Waals surface area contributed by atoms with E-state index in [4.69, 9.17) is 0 Å². The summed E-state index contributed by atoms with van der Waals surface area (Å²) in [6, 6.07) is 1.45. The standard InChI is InChI=1S/C14H21N5O4/c1-18(2)14(22)19-6-3-10(4-7-19)9-15-12(20)13(21)16-11-5-8-23-17-11/h5,8,10H,3-4,6-7,9H2,1-2H3,(H,15,20)(H,16,17,21). The topological polar surface area (TPSA) is 108 Å². The maximum atomic E-state index is 11.8. The first-order chi connectivity index (χ1) is 11.0. The molecule has 0 saturated carbocycles. The molecular formula is C14H21N5O4. The Hall–Kier alpha value is -2.58. The Kier molecular flexibility index (Phi) is 5.56. The molecule has 0 spiro atoms. The summed E-state index contributed by atoms with van der Waals surface area (Å²) in [5.41, 5.74) is 0. The minimum Gasteiger partial charge on any atom is -0.363 e. The van der Waals surface area contributed by atoms with Crippen molar-refractivity contribution in [1.29, 1.82) is 0 Å². The van der Waals surface area contributed by atoms with E-state index in [1.165, 1.54) is 12.3 Å². The molecule has 2 rings (SSSR count). The first-order valence-corrected chi connectivity index (χ1v) is 7.43. The van der Waals surface area contributed by atoms with E-state index in [-0.39, 0.29) is 17.8 Å². The molecular weight excluding hydrogens is 302 g/mol. The number of nitrogens with zero attached hydrogens (tertiary/aromatic N) is 3. The molecule has 9 nitrogen and oxygen atoms in total. The maximum Gasteiger partial charge on any atom is 0.319 e. The molecule has 0 aliphatic carbocycles. The quantitative estimate of drug-likeness (QED) is 0.768. The van der Waals surface area contributed by atoms with Crippen LogP contribution in [0.3, 0.4) is 0 Å². The van der Waals surface area contributed by atoms with Gasteiger partial charge in [0, 0.05) is 39.8 Å². The van der Waals surface area contributed by atoms with Crippen LogP contribution in [0, 0.1) is 5.92 Å². The van der Waals surface area contributed by atoms with Crippen molar-refractivity contribution in [2.45, 2.75) is 12.8 Å². The van der Waals surface area contributed by atoms with Crippen LogP contribution in [0.15, 0.2) is 16.9 Å². The van der Waals surface area contributed by atoms with Crippen LogP contribution in [-0.2, 0) is 9.59 Å². The van der Waals surface area contributed by atoms with Crippen LogP contribution in [0.4, 0.5) is 10.6 Å². The summed E-state index contributed by atoms with van der Waals surface area (Å²) in [5.74, 6) is -1.04. The maximum absolute atomic E-state index is 11.8. The molecule has 2 heterocycles. The van der Waals surface area contributed by atoms with Gasteiger partial charge in [-0.1, -0.05) is 5.16 Å². The molecule has 0 atom stereocenters. The predicted octanol–water partition coefficient (Wildman–Crippen LogP) is 0.123. The SMILES string of the molecule is CN(C)C(=O)N1CCC(CNC(=O)C(=O)Nc2ccon2)CC1. The van der Waals surface area contributed by atoms with E-state index in [0.29, 0.717) is 19.6 Å². The number of aromatic nitrogens is 1. The summed E-state index contributed by atoms with van der Waals surface area (Å²) in [7, 11) is 3.45. The summed E-state index contributed by atoms with van der Waals surface area (Å²) < 4.78 is 4.56. The molecule has 126 valence electrons. The fourth-order valence-electron chi connectivity index (χ4n) is 2.38. The van der Waals surface area contributed by atoms with Crippen molar-refractivity contribution in [3.8, 4) is 0 Å². The third kappa shape index (κ3) is 4.70. The number of rotatable bonds is 3.